The Balaban J connectivity index is 2.45. The largest absolute Gasteiger partial charge is 0.497 e. The van der Waals surface area contributed by atoms with Crippen LogP contribution >= 0.6 is 0 Å². The third kappa shape index (κ3) is 5.18. The quantitative estimate of drug-likeness (QED) is 0.630. The molecule has 0 aliphatic heterocycles. The molecule has 29 heavy (non-hydrogen) atoms. The normalized spacial score (nSPS) is 13.5. The van der Waals surface area contributed by atoms with E-state index in [1.54, 1.807) is 33.9 Å². The average Bonchev–Trinajstić information content (AvgIpc) is 2.63. The standard InChI is InChI=1S/C21H29NO5S2/c1-7-22(16(3)14-18-8-10-19(27-5)11-9-18)29(25,26)21-13-15(2)12-20(17(21)4)28(6,23)24/h8-13,16H,7,14H2,1-6H3. The summed E-state index contributed by atoms with van der Waals surface area (Å²) in [6.07, 6.45) is 1.62. The van der Waals surface area contributed by atoms with Crippen LogP contribution in [0.2, 0.25) is 0 Å². The van der Waals surface area contributed by atoms with Crippen LogP contribution in [-0.2, 0) is 26.3 Å². The minimum absolute atomic E-state index is 0.0429. The predicted octanol–water partition coefficient (Wildman–Crippen LogP) is 3.36. The lowest BCUT2D eigenvalue weighted by Crippen LogP contribution is -2.40. The third-order valence-electron chi connectivity index (χ3n) is 4.94. The van der Waals surface area contributed by atoms with Crippen molar-refractivity contribution in [2.75, 3.05) is 19.9 Å². The zero-order valence-corrected chi connectivity index (χ0v) is 19.4. The van der Waals surface area contributed by atoms with Crippen molar-refractivity contribution in [2.24, 2.45) is 0 Å². The Labute approximate surface area is 174 Å². The SMILES string of the molecule is CCN(C(C)Cc1ccc(OC)cc1)S(=O)(=O)c1cc(C)cc(S(C)(=O)=O)c1C. The second-order valence-corrected chi connectivity index (χ2v) is 11.1. The van der Waals surface area contributed by atoms with Crippen molar-refractivity contribution < 1.29 is 21.6 Å². The van der Waals surface area contributed by atoms with Crippen molar-refractivity contribution in [2.45, 2.75) is 49.9 Å². The monoisotopic (exact) mass is 439 g/mol. The van der Waals surface area contributed by atoms with Crippen molar-refractivity contribution in [3.63, 3.8) is 0 Å². The molecular formula is C21H29NO5S2. The number of methoxy groups -OCH3 is 1. The van der Waals surface area contributed by atoms with Crippen LogP contribution in [0.3, 0.4) is 0 Å². The number of likely N-dealkylation sites (N-methyl/N-ethyl adjacent to an activating group) is 1. The molecule has 0 bridgehead atoms. The van der Waals surface area contributed by atoms with Gasteiger partial charge < -0.3 is 4.74 Å². The summed E-state index contributed by atoms with van der Waals surface area (Å²) < 4.78 is 57.8. The molecular weight excluding hydrogens is 410 g/mol. The van der Waals surface area contributed by atoms with E-state index in [0.717, 1.165) is 17.6 Å². The Hall–Kier alpha value is -1.90. The van der Waals surface area contributed by atoms with E-state index in [9.17, 15) is 16.8 Å². The van der Waals surface area contributed by atoms with E-state index in [1.807, 2.05) is 31.2 Å². The maximum Gasteiger partial charge on any atom is 0.243 e. The molecule has 0 aromatic heterocycles. The van der Waals surface area contributed by atoms with E-state index in [-0.39, 0.29) is 27.9 Å². The first-order valence-electron chi connectivity index (χ1n) is 9.37. The van der Waals surface area contributed by atoms with Gasteiger partial charge in [0.1, 0.15) is 5.75 Å². The van der Waals surface area contributed by atoms with E-state index in [1.165, 1.54) is 10.4 Å². The van der Waals surface area contributed by atoms with Crippen molar-refractivity contribution in [3.8, 4) is 5.75 Å². The van der Waals surface area contributed by atoms with Crippen LogP contribution in [-0.4, -0.2) is 47.1 Å². The molecule has 0 aliphatic rings. The number of hydrogen-bond acceptors (Lipinski definition) is 5. The predicted molar refractivity (Wildman–Crippen MR) is 115 cm³/mol. The van der Waals surface area contributed by atoms with Crippen LogP contribution < -0.4 is 4.74 Å². The fourth-order valence-electron chi connectivity index (χ4n) is 3.50. The lowest BCUT2D eigenvalue weighted by Gasteiger charge is -2.28. The summed E-state index contributed by atoms with van der Waals surface area (Å²) >= 11 is 0. The summed E-state index contributed by atoms with van der Waals surface area (Å²) in [6.45, 7) is 7.16. The van der Waals surface area contributed by atoms with Gasteiger partial charge in [0.15, 0.2) is 9.84 Å². The Bertz CT molecular complexity index is 1070. The van der Waals surface area contributed by atoms with Crippen LogP contribution in [0.15, 0.2) is 46.2 Å². The van der Waals surface area contributed by atoms with E-state index < -0.39 is 19.9 Å². The maximum atomic E-state index is 13.5. The molecule has 0 heterocycles. The average molecular weight is 440 g/mol. The van der Waals surface area contributed by atoms with Gasteiger partial charge in [-0.3, -0.25) is 0 Å². The fraction of sp³-hybridized carbons (Fsp3) is 0.429. The van der Waals surface area contributed by atoms with Gasteiger partial charge in [-0.1, -0.05) is 19.1 Å². The van der Waals surface area contributed by atoms with Crippen molar-refractivity contribution >= 4 is 19.9 Å². The highest BCUT2D eigenvalue weighted by Crippen LogP contribution is 2.29. The van der Waals surface area contributed by atoms with Gasteiger partial charge in [-0.15, -0.1) is 0 Å². The number of ether oxygens (including phenoxy) is 1. The molecule has 0 radical (unpaired) electrons. The highest BCUT2D eigenvalue weighted by Gasteiger charge is 2.31. The van der Waals surface area contributed by atoms with Crippen LogP contribution in [0.25, 0.3) is 0 Å². The van der Waals surface area contributed by atoms with Crippen LogP contribution in [0.5, 0.6) is 5.75 Å². The van der Waals surface area contributed by atoms with Crippen molar-refractivity contribution in [1.29, 1.82) is 0 Å². The van der Waals surface area contributed by atoms with E-state index in [2.05, 4.69) is 0 Å². The Morgan fingerprint density at radius 3 is 2.03 bits per heavy atom. The van der Waals surface area contributed by atoms with Crippen molar-refractivity contribution in [1.82, 2.24) is 4.31 Å². The van der Waals surface area contributed by atoms with Gasteiger partial charge >= 0.3 is 0 Å². The summed E-state index contributed by atoms with van der Waals surface area (Å²) in [4.78, 5) is 0.0938. The highest BCUT2D eigenvalue weighted by atomic mass is 32.2. The summed E-state index contributed by atoms with van der Waals surface area (Å²) in [5, 5.41) is 0. The van der Waals surface area contributed by atoms with Gasteiger partial charge in [0, 0.05) is 18.8 Å². The summed E-state index contributed by atoms with van der Waals surface area (Å²) in [7, 11) is -5.82. The fourth-order valence-corrected chi connectivity index (χ4v) is 6.60. The molecule has 2 rings (SSSR count). The maximum absolute atomic E-state index is 13.5. The molecule has 2 aromatic rings. The van der Waals surface area contributed by atoms with Crippen LogP contribution in [0, 0.1) is 13.8 Å². The minimum Gasteiger partial charge on any atom is -0.497 e. The first-order chi connectivity index (χ1) is 13.4. The molecule has 1 atom stereocenters. The second kappa shape index (κ2) is 8.85. The molecule has 1 unspecified atom stereocenters. The second-order valence-electron chi connectivity index (χ2n) is 7.27. The smallest absolute Gasteiger partial charge is 0.243 e. The Morgan fingerprint density at radius 1 is 1.00 bits per heavy atom. The summed E-state index contributed by atoms with van der Waals surface area (Å²) in [5.41, 5.74) is 1.84. The number of rotatable bonds is 8. The molecule has 0 N–H and O–H groups in total. The van der Waals surface area contributed by atoms with Gasteiger partial charge in [0.05, 0.1) is 16.9 Å². The number of aryl methyl sites for hydroxylation is 1. The molecule has 0 spiro atoms. The third-order valence-corrected chi connectivity index (χ3v) is 8.37. The number of benzene rings is 2. The number of hydrogen-bond donors (Lipinski definition) is 0. The Kier molecular flexibility index (Phi) is 7.14. The topological polar surface area (TPSA) is 80.8 Å². The molecule has 0 saturated carbocycles. The van der Waals surface area contributed by atoms with Crippen molar-refractivity contribution in [3.05, 3.63) is 53.1 Å². The molecule has 0 fully saturated rings. The number of sulfonamides is 1. The summed E-state index contributed by atoms with van der Waals surface area (Å²) in [5.74, 6) is 0.741. The van der Waals surface area contributed by atoms with Gasteiger partial charge in [0.25, 0.3) is 0 Å². The molecule has 160 valence electrons. The minimum atomic E-state index is -3.88. The zero-order valence-electron chi connectivity index (χ0n) is 17.8. The highest BCUT2D eigenvalue weighted by molar-refractivity contribution is 7.91. The Morgan fingerprint density at radius 2 is 1.55 bits per heavy atom. The number of sulfone groups is 1. The first-order valence-corrected chi connectivity index (χ1v) is 12.7. The molecule has 6 nitrogen and oxygen atoms in total. The zero-order chi connectivity index (χ0) is 22.0. The van der Waals surface area contributed by atoms with Crippen LogP contribution in [0.1, 0.15) is 30.5 Å². The molecule has 0 saturated heterocycles. The molecule has 0 aliphatic carbocycles. The van der Waals surface area contributed by atoms with Gasteiger partial charge in [-0.2, -0.15) is 4.31 Å². The molecule has 2 aromatic carbocycles. The molecule has 8 heteroatoms. The van der Waals surface area contributed by atoms with E-state index in [0.29, 0.717) is 12.0 Å². The first kappa shape index (κ1) is 23.4. The van der Waals surface area contributed by atoms with Gasteiger partial charge in [0.2, 0.25) is 10.0 Å². The molecule has 0 amide bonds. The number of nitrogens with zero attached hydrogens (tertiary/aromatic N) is 1. The van der Waals surface area contributed by atoms with E-state index in [4.69, 9.17) is 4.74 Å². The van der Waals surface area contributed by atoms with E-state index >= 15 is 0 Å². The lowest BCUT2D eigenvalue weighted by atomic mass is 10.1. The van der Waals surface area contributed by atoms with Gasteiger partial charge in [-0.05, 0) is 68.1 Å². The van der Waals surface area contributed by atoms with Crippen LogP contribution in [0.4, 0.5) is 0 Å². The van der Waals surface area contributed by atoms with Gasteiger partial charge in [-0.25, -0.2) is 16.8 Å². The summed E-state index contributed by atoms with van der Waals surface area (Å²) in [6, 6.07) is 10.3. The lowest BCUT2D eigenvalue weighted by molar-refractivity contribution is 0.347.